The van der Waals surface area contributed by atoms with Gasteiger partial charge < -0.3 is 15.7 Å². The first kappa shape index (κ1) is 14.3. The third kappa shape index (κ3) is 2.75. The topological polar surface area (TPSA) is 95.5 Å². The lowest BCUT2D eigenvalue weighted by atomic mass is 10.1. The number of hydrogen-bond acceptors (Lipinski definition) is 3. The van der Waals surface area contributed by atoms with Gasteiger partial charge in [-0.3, -0.25) is 14.4 Å². The van der Waals surface area contributed by atoms with Gasteiger partial charge in [0.1, 0.15) is 5.41 Å². The molecule has 2 rings (SSSR count). The Morgan fingerprint density at radius 3 is 2.40 bits per heavy atom. The second kappa shape index (κ2) is 5.13. The van der Waals surface area contributed by atoms with Crippen LogP contribution in [-0.2, 0) is 14.4 Å². The van der Waals surface area contributed by atoms with Crippen LogP contribution >= 0.6 is 11.6 Å². The van der Waals surface area contributed by atoms with Gasteiger partial charge in [-0.2, -0.15) is 0 Å². The van der Waals surface area contributed by atoms with Crippen LogP contribution in [0.2, 0.25) is 5.02 Å². The minimum absolute atomic E-state index is 0.256. The summed E-state index contributed by atoms with van der Waals surface area (Å²) in [7, 11) is 0. The van der Waals surface area contributed by atoms with Crippen LogP contribution in [0.15, 0.2) is 18.2 Å². The summed E-state index contributed by atoms with van der Waals surface area (Å²) < 4.78 is 0. The van der Waals surface area contributed by atoms with E-state index in [0.29, 0.717) is 18.5 Å². The molecule has 0 heterocycles. The first-order valence-corrected chi connectivity index (χ1v) is 6.35. The SMILES string of the molecule is CC(=O)Nc1ccc(Cl)c(NC(=O)C2(C(=O)O)CC2)c1. The van der Waals surface area contributed by atoms with Crippen molar-refractivity contribution in [2.24, 2.45) is 5.41 Å². The van der Waals surface area contributed by atoms with Crippen molar-refractivity contribution in [1.29, 1.82) is 0 Å². The molecule has 0 saturated heterocycles. The number of aliphatic carboxylic acids is 1. The number of carboxylic acid groups (broad SMARTS) is 1. The number of nitrogens with one attached hydrogen (secondary N) is 2. The van der Waals surface area contributed by atoms with E-state index >= 15 is 0 Å². The molecular formula is C13H13ClN2O4. The fraction of sp³-hybridized carbons (Fsp3) is 0.308. The Morgan fingerprint density at radius 2 is 1.90 bits per heavy atom. The average molecular weight is 297 g/mol. The van der Waals surface area contributed by atoms with E-state index in [1.54, 1.807) is 6.07 Å². The summed E-state index contributed by atoms with van der Waals surface area (Å²) in [6.07, 6.45) is 0.633. The molecule has 6 nitrogen and oxygen atoms in total. The highest BCUT2D eigenvalue weighted by Gasteiger charge is 2.57. The zero-order valence-electron chi connectivity index (χ0n) is 10.7. The van der Waals surface area contributed by atoms with Crippen molar-refractivity contribution in [3.63, 3.8) is 0 Å². The summed E-state index contributed by atoms with van der Waals surface area (Å²) in [4.78, 5) is 34.0. The number of benzene rings is 1. The maximum absolute atomic E-state index is 12.0. The summed E-state index contributed by atoms with van der Waals surface area (Å²) >= 11 is 5.95. The molecule has 1 saturated carbocycles. The molecule has 0 unspecified atom stereocenters. The lowest BCUT2D eigenvalue weighted by Gasteiger charge is -2.13. The number of amides is 2. The van der Waals surface area contributed by atoms with Gasteiger partial charge in [-0.25, -0.2) is 0 Å². The fourth-order valence-corrected chi connectivity index (χ4v) is 1.97. The average Bonchev–Trinajstić information content (AvgIpc) is 3.14. The van der Waals surface area contributed by atoms with E-state index in [-0.39, 0.29) is 16.6 Å². The third-order valence-corrected chi connectivity index (χ3v) is 3.46. The van der Waals surface area contributed by atoms with Crippen LogP contribution in [0.4, 0.5) is 11.4 Å². The molecule has 1 aromatic rings. The maximum atomic E-state index is 12.0. The summed E-state index contributed by atoms with van der Waals surface area (Å²) in [5, 5.41) is 14.4. The molecule has 1 aromatic carbocycles. The summed E-state index contributed by atoms with van der Waals surface area (Å²) in [6, 6.07) is 4.59. The number of carbonyl (C=O) groups is 3. The minimum atomic E-state index is -1.34. The number of rotatable bonds is 4. The Labute approximate surface area is 120 Å². The third-order valence-electron chi connectivity index (χ3n) is 3.13. The fourth-order valence-electron chi connectivity index (χ4n) is 1.81. The van der Waals surface area contributed by atoms with Crippen LogP contribution < -0.4 is 10.6 Å². The largest absolute Gasteiger partial charge is 0.480 e. The quantitative estimate of drug-likeness (QED) is 0.741. The Morgan fingerprint density at radius 1 is 1.25 bits per heavy atom. The smallest absolute Gasteiger partial charge is 0.319 e. The molecule has 0 aromatic heterocycles. The Kier molecular flexibility index (Phi) is 3.67. The summed E-state index contributed by atoms with van der Waals surface area (Å²) in [6.45, 7) is 1.36. The monoisotopic (exact) mass is 296 g/mol. The van der Waals surface area contributed by atoms with Gasteiger partial charge in [0.25, 0.3) is 0 Å². The standard InChI is InChI=1S/C13H13ClN2O4/c1-7(17)15-8-2-3-9(14)10(6-8)16-11(18)13(4-5-13)12(19)20/h2-3,6H,4-5H2,1H3,(H,15,17)(H,16,18)(H,19,20). The van der Waals surface area contributed by atoms with E-state index in [1.165, 1.54) is 19.1 Å². The van der Waals surface area contributed by atoms with Crippen LogP contribution in [0.5, 0.6) is 0 Å². The van der Waals surface area contributed by atoms with E-state index in [4.69, 9.17) is 16.7 Å². The number of carbonyl (C=O) groups excluding carboxylic acids is 2. The summed E-state index contributed by atoms with van der Waals surface area (Å²) in [5.41, 5.74) is -0.597. The molecule has 3 N–H and O–H groups in total. The van der Waals surface area contributed by atoms with Gasteiger partial charge >= 0.3 is 5.97 Å². The van der Waals surface area contributed by atoms with Crippen molar-refractivity contribution < 1.29 is 19.5 Å². The number of carboxylic acids is 1. The van der Waals surface area contributed by atoms with Crippen molar-refractivity contribution in [1.82, 2.24) is 0 Å². The lowest BCUT2D eigenvalue weighted by Crippen LogP contribution is -2.31. The van der Waals surface area contributed by atoms with Gasteiger partial charge in [0.05, 0.1) is 10.7 Å². The van der Waals surface area contributed by atoms with Gasteiger partial charge in [0, 0.05) is 12.6 Å². The first-order valence-electron chi connectivity index (χ1n) is 5.97. The molecule has 1 aliphatic rings. The van der Waals surface area contributed by atoms with Crippen LogP contribution in [0.1, 0.15) is 19.8 Å². The normalized spacial score (nSPS) is 15.3. The molecule has 0 atom stereocenters. The van der Waals surface area contributed by atoms with Gasteiger partial charge in [-0.05, 0) is 31.0 Å². The zero-order valence-corrected chi connectivity index (χ0v) is 11.5. The molecule has 0 radical (unpaired) electrons. The Hall–Kier alpha value is -2.08. The maximum Gasteiger partial charge on any atom is 0.319 e. The van der Waals surface area contributed by atoms with Crippen LogP contribution in [0.25, 0.3) is 0 Å². The second-order valence-electron chi connectivity index (χ2n) is 4.72. The number of hydrogen-bond donors (Lipinski definition) is 3. The van der Waals surface area contributed by atoms with E-state index in [2.05, 4.69) is 10.6 Å². The summed E-state index contributed by atoms with van der Waals surface area (Å²) in [5.74, 6) is -1.98. The van der Waals surface area contributed by atoms with Crippen molar-refractivity contribution in [2.45, 2.75) is 19.8 Å². The number of anilines is 2. The van der Waals surface area contributed by atoms with E-state index in [0.717, 1.165) is 0 Å². The van der Waals surface area contributed by atoms with Crippen molar-refractivity contribution in [3.05, 3.63) is 23.2 Å². The number of halogens is 1. The minimum Gasteiger partial charge on any atom is -0.480 e. The van der Waals surface area contributed by atoms with Crippen LogP contribution in [-0.4, -0.2) is 22.9 Å². The van der Waals surface area contributed by atoms with Crippen molar-refractivity contribution >= 4 is 40.8 Å². The van der Waals surface area contributed by atoms with Crippen molar-refractivity contribution in [2.75, 3.05) is 10.6 Å². The van der Waals surface area contributed by atoms with Gasteiger partial charge in [-0.1, -0.05) is 11.6 Å². The molecule has 0 bridgehead atoms. The molecule has 2 amide bonds. The van der Waals surface area contributed by atoms with Crippen LogP contribution in [0, 0.1) is 5.41 Å². The Bertz CT molecular complexity index is 596. The molecule has 20 heavy (non-hydrogen) atoms. The lowest BCUT2D eigenvalue weighted by molar-refractivity contribution is -0.147. The molecule has 1 aliphatic carbocycles. The highest BCUT2D eigenvalue weighted by Crippen LogP contribution is 2.47. The predicted molar refractivity (Wildman–Crippen MR) is 73.7 cm³/mol. The molecule has 106 valence electrons. The predicted octanol–water partition coefficient (Wildman–Crippen LogP) is 2.10. The van der Waals surface area contributed by atoms with E-state index < -0.39 is 17.3 Å². The first-order chi connectivity index (χ1) is 9.35. The molecular weight excluding hydrogens is 284 g/mol. The van der Waals surface area contributed by atoms with Gasteiger partial charge in [0.2, 0.25) is 11.8 Å². The van der Waals surface area contributed by atoms with E-state index in [1.807, 2.05) is 0 Å². The van der Waals surface area contributed by atoms with Gasteiger partial charge in [0.15, 0.2) is 0 Å². The highest BCUT2D eigenvalue weighted by molar-refractivity contribution is 6.34. The zero-order chi connectivity index (χ0) is 14.9. The van der Waals surface area contributed by atoms with E-state index in [9.17, 15) is 14.4 Å². The molecule has 0 spiro atoms. The van der Waals surface area contributed by atoms with Crippen LogP contribution in [0.3, 0.4) is 0 Å². The highest BCUT2D eigenvalue weighted by atomic mass is 35.5. The molecule has 1 fully saturated rings. The van der Waals surface area contributed by atoms with Crippen molar-refractivity contribution in [3.8, 4) is 0 Å². The molecule has 7 heteroatoms. The molecule has 0 aliphatic heterocycles. The Balaban J connectivity index is 2.18. The second-order valence-corrected chi connectivity index (χ2v) is 5.12. The van der Waals surface area contributed by atoms with Gasteiger partial charge in [-0.15, -0.1) is 0 Å².